The normalized spacial score (nSPS) is 27.1. The number of hydrogen-bond acceptors (Lipinski definition) is 18. The van der Waals surface area contributed by atoms with Crippen LogP contribution in [-0.2, 0) is 58.8 Å². The van der Waals surface area contributed by atoms with Gasteiger partial charge in [-0.1, -0.05) is 18.6 Å². The number of amides is 4. The van der Waals surface area contributed by atoms with Crippen molar-refractivity contribution < 1.29 is 82.0 Å². The monoisotopic (exact) mass is 962 g/mol. The predicted molar refractivity (Wildman–Crippen MR) is 237 cm³/mol. The van der Waals surface area contributed by atoms with Gasteiger partial charge in [0.15, 0.2) is 30.4 Å². The first-order valence-corrected chi connectivity index (χ1v) is 23.1. The number of aromatic hydroxyl groups is 2. The van der Waals surface area contributed by atoms with Gasteiger partial charge in [0.05, 0.1) is 42.6 Å². The SMILES string of the molecule is COc1cccc2c1C(=O)c1c(O)c3c(c(O)c1C2=O)C[C@@](O)(C(=O)COCC(=O)N(C)CCN(C)C(=O)CCCCCN1C(=O)C=CC1=O)C[C@@H]3O[C@H]1C[C@H]2[C@H](O[C@@H]3[C@@H](OC)OCCN32)[C@H](C)O1. The van der Waals surface area contributed by atoms with E-state index in [-0.39, 0.29) is 84.2 Å². The Labute approximate surface area is 397 Å². The Morgan fingerprint density at radius 1 is 0.884 bits per heavy atom. The Hall–Kier alpha value is -5.65. The number of hydrogen-bond donors (Lipinski definition) is 3. The van der Waals surface area contributed by atoms with Crippen LogP contribution in [0.5, 0.6) is 17.2 Å². The van der Waals surface area contributed by atoms with E-state index in [2.05, 4.69) is 4.90 Å². The molecule has 4 heterocycles. The number of rotatable bonds is 18. The minimum absolute atomic E-state index is 0.0781. The van der Waals surface area contributed by atoms with Gasteiger partial charge in [0.1, 0.15) is 42.2 Å². The highest BCUT2D eigenvalue weighted by Crippen LogP contribution is 2.53. The largest absolute Gasteiger partial charge is 0.507 e. The Balaban J connectivity index is 0.942. The molecule has 4 aliphatic heterocycles. The summed E-state index contributed by atoms with van der Waals surface area (Å²) in [6, 6.07) is 4.14. The molecule has 372 valence electrons. The Kier molecular flexibility index (Phi) is 14.7. The molecule has 21 heteroatoms. The van der Waals surface area contributed by atoms with Gasteiger partial charge in [-0.2, -0.15) is 0 Å². The van der Waals surface area contributed by atoms with Crippen molar-refractivity contribution >= 4 is 41.0 Å². The maximum atomic E-state index is 14.2. The molecule has 2 aliphatic carbocycles. The first-order chi connectivity index (χ1) is 33.0. The summed E-state index contributed by atoms with van der Waals surface area (Å²) in [7, 11) is 5.97. The number of nitrogens with zero attached hydrogens (tertiary/aromatic N) is 4. The van der Waals surface area contributed by atoms with E-state index in [0.29, 0.717) is 32.4 Å². The molecule has 8 rings (SSSR count). The molecule has 69 heavy (non-hydrogen) atoms. The first-order valence-electron chi connectivity index (χ1n) is 23.1. The molecule has 6 aliphatic rings. The maximum Gasteiger partial charge on any atom is 0.253 e. The molecule has 0 radical (unpaired) electrons. The number of ether oxygens (including phenoxy) is 7. The third-order valence-electron chi connectivity index (χ3n) is 14.0. The molecule has 0 unspecified atom stereocenters. The molecule has 2 aromatic rings. The number of carbonyl (C=O) groups is 7. The highest BCUT2D eigenvalue weighted by Gasteiger charge is 2.55. The van der Waals surface area contributed by atoms with Crippen LogP contribution in [0.2, 0.25) is 0 Å². The van der Waals surface area contributed by atoms with Gasteiger partial charge in [-0.3, -0.25) is 43.4 Å². The van der Waals surface area contributed by atoms with E-state index >= 15 is 0 Å². The Bertz CT molecular complexity index is 2420. The van der Waals surface area contributed by atoms with Gasteiger partial charge in [0, 0.05) is 108 Å². The van der Waals surface area contributed by atoms with Crippen LogP contribution in [0.3, 0.4) is 0 Å². The number of imide groups is 1. The average molecular weight is 963 g/mol. The molecular formula is C48H58N4O17. The highest BCUT2D eigenvalue weighted by atomic mass is 16.7. The van der Waals surface area contributed by atoms with Crippen molar-refractivity contribution in [2.75, 3.05) is 74.3 Å². The molecule has 0 bridgehead atoms. The number of fused-ring (bicyclic) bond motifs is 6. The third kappa shape index (κ3) is 9.53. The summed E-state index contributed by atoms with van der Waals surface area (Å²) in [6.07, 6.45) is -0.986. The molecule has 0 spiro atoms. The predicted octanol–water partition coefficient (Wildman–Crippen LogP) is 1.14. The van der Waals surface area contributed by atoms with Gasteiger partial charge in [0.2, 0.25) is 17.6 Å². The summed E-state index contributed by atoms with van der Waals surface area (Å²) in [4.78, 5) is 97.8. The quantitative estimate of drug-likeness (QED) is 0.0918. The van der Waals surface area contributed by atoms with E-state index in [1.807, 2.05) is 0 Å². The van der Waals surface area contributed by atoms with Crippen LogP contribution in [0, 0.1) is 0 Å². The summed E-state index contributed by atoms with van der Waals surface area (Å²) >= 11 is 0. The second kappa shape index (κ2) is 20.4. The molecule has 8 atom stereocenters. The number of unbranched alkanes of at least 4 members (excludes halogenated alkanes) is 2. The van der Waals surface area contributed by atoms with Crippen molar-refractivity contribution in [3.8, 4) is 17.2 Å². The minimum Gasteiger partial charge on any atom is -0.507 e. The van der Waals surface area contributed by atoms with Crippen molar-refractivity contribution in [1.29, 1.82) is 0 Å². The molecule has 0 aromatic heterocycles. The molecule has 21 nitrogen and oxygen atoms in total. The number of ketones is 3. The molecular weight excluding hydrogens is 905 g/mol. The number of Topliss-reactive ketones (excluding diaryl/α,β-unsaturated/α-hetero) is 1. The van der Waals surface area contributed by atoms with E-state index in [9.17, 15) is 48.9 Å². The van der Waals surface area contributed by atoms with E-state index in [4.69, 9.17) is 33.2 Å². The summed E-state index contributed by atoms with van der Waals surface area (Å²) in [6.45, 7) is 2.02. The number of phenols is 2. The molecule has 0 saturated carbocycles. The van der Waals surface area contributed by atoms with Crippen LogP contribution in [0.25, 0.3) is 0 Å². The number of phenolic OH excluding ortho intramolecular Hbond substituents is 2. The van der Waals surface area contributed by atoms with Gasteiger partial charge in [-0.05, 0) is 25.8 Å². The van der Waals surface area contributed by atoms with Gasteiger partial charge < -0.3 is 58.3 Å². The van der Waals surface area contributed by atoms with Crippen molar-refractivity contribution in [2.24, 2.45) is 0 Å². The van der Waals surface area contributed by atoms with Crippen LogP contribution in [0.15, 0.2) is 30.4 Å². The third-order valence-corrected chi connectivity index (χ3v) is 14.0. The summed E-state index contributed by atoms with van der Waals surface area (Å²) in [5.74, 6) is -5.14. The first kappa shape index (κ1) is 49.8. The van der Waals surface area contributed by atoms with Crippen molar-refractivity contribution in [1.82, 2.24) is 19.6 Å². The van der Waals surface area contributed by atoms with Crippen LogP contribution >= 0.6 is 0 Å². The van der Waals surface area contributed by atoms with Crippen molar-refractivity contribution in [3.05, 3.63) is 63.7 Å². The van der Waals surface area contributed by atoms with Crippen molar-refractivity contribution in [2.45, 2.75) is 101 Å². The number of methoxy groups -OCH3 is 2. The number of benzene rings is 2. The lowest BCUT2D eigenvalue weighted by Gasteiger charge is -2.43. The molecule has 3 saturated heterocycles. The molecule has 3 fully saturated rings. The van der Waals surface area contributed by atoms with E-state index in [1.54, 1.807) is 14.0 Å². The zero-order valence-corrected chi connectivity index (χ0v) is 39.2. The second-order valence-electron chi connectivity index (χ2n) is 18.2. The summed E-state index contributed by atoms with van der Waals surface area (Å²) in [5, 5.41) is 36.3. The topological polar surface area (TPSA) is 258 Å². The zero-order chi connectivity index (χ0) is 49.5. The zero-order valence-electron chi connectivity index (χ0n) is 39.2. The molecule has 3 N–H and O–H groups in total. The lowest BCUT2D eigenvalue weighted by Crippen LogP contribution is -2.55. The molecule has 4 amide bonds. The van der Waals surface area contributed by atoms with Gasteiger partial charge in [0.25, 0.3) is 11.8 Å². The van der Waals surface area contributed by atoms with Crippen LogP contribution in [-0.4, -0.2) is 193 Å². The lowest BCUT2D eigenvalue weighted by atomic mass is 9.72. The Morgan fingerprint density at radius 3 is 2.30 bits per heavy atom. The van der Waals surface area contributed by atoms with E-state index in [1.165, 1.54) is 61.4 Å². The van der Waals surface area contributed by atoms with E-state index in [0.717, 1.165) is 4.90 Å². The van der Waals surface area contributed by atoms with Gasteiger partial charge in [-0.15, -0.1) is 0 Å². The number of likely N-dealkylation sites (N-methyl/N-ethyl adjacent to an activating group) is 2. The fourth-order valence-corrected chi connectivity index (χ4v) is 10.1. The average Bonchev–Trinajstić information content (AvgIpc) is 3.88. The fourth-order valence-electron chi connectivity index (χ4n) is 10.1. The van der Waals surface area contributed by atoms with Crippen molar-refractivity contribution in [3.63, 3.8) is 0 Å². The summed E-state index contributed by atoms with van der Waals surface area (Å²) < 4.78 is 41.5. The highest BCUT2D eigenvalue weighted by molar-refractivity contribution is 6.31. The number of aliphatic hydroxyl groups is 1. The minimum atomic E-state index is -2.35. The van der Waals surface area contributed by atoms with Gasteiger partial charge >= 0.3 is 0 Å². The summed E-state index contributed by atoms with van der Waals surface area (Å²) in [5.41, 5.74) is -3.83. The van der Waals surface area contributed by atoms with Crippen LogP contribution in [0.1, 0.15) is 94.5 Å². The fraction of sp³-hybridized carbons (Fsp3) is 0.562. The van der Waals surface area contributed by atoms with E-state index < -0.39 is 115 Å². The maximum absolute atomic E-state index is 14.2. The second-order valence-corrected chi connectivity index (χ2v) is 18.2. The van der Waals surface area contributed by atoms with Gasteiger partial charge in [-0.25, -0.2) is 0 Å². The van der Waals surface area contributed by atoms with Crippen LogP contribution in [0.4, 0.5) is 0 Å². The number of morpholine rings is 1. The Morgan fingerprint density at radius 2 is 1.59 bits per heavy atom. The van der Waals surface area contributed by atoms with Crippen LogP contribution < -0.4 is 4.74 Å². The lowest BCUT2D eigenvalue weighted by molar-refractivity contribution is -0.256. The standard InChI is InChI=1S/C48H58N4O17/c1-25-45-28(51-18-19-66-47(64-5)46(51)69-45)20-36(67-25)68-30-22-48(62,21-27-38(30)44(61)40-39(42(27)59)41(58)26-10-9-11-29(63-4)37(26)43(40)60)31(53)23-65-24-35(57)50(3)17-16-49(2)32(54)12-7-6-8-15-52-33(55)13-14-34(52)56/h9-11,13-14,25,28,30,36,45-47,59,61-62H,6-8,12,15-24H2,1-5H3/t25-,28-,30-,36-,45+,46+,47-,48-/m0/s1. The molecule has 2 aromatic carbocycles. The number of carbonyl (C=O) groups excluding carboxylic acids is 7. The smallest absolute Gasteiger partial charge is 0.253 e.